The smallest absolute Gasteiger partial charge is 0.232 e. The van der Waals surface area contributed by atoms with E-state index in [1.165, 1.54) is 17.7 Å². The summed E-state index contributed by atoms with van der Waals surface area (Å²) in [6.45, 7) is 26.8. The van der Waals surface area contributed by atoms with Gasteiger partial charge in [0.1, 0.15) is 58.2 Å². The van der Waals surface area contributed by atoms with E-state index in [-0.39, 0.29) is 71.1 Å². The van der Waals surface area contributed by atoms with Crippen LogP contribution in [0, 0.1) is 62.3 Å². The van der Waals surface area contributed by atoms with E-state index < -0.39 is 0 Å². The lowest BCUT2D eigenvalue weighted by Crippen LogP contribution is -2.15. The Kier molecular flexibility index (Phi) is 43.5. The van der Waals surface area contributed by atoms with Crippen molar-refractivity contribution < 1.29 is 28.5 Å². The zero-order valence-electron chi connectivity index (χ0n) is 80.2. The Morgan fingerprint density at radius 3 is 1.14 bits per heavy atom. The molecule has 1 aliphatic heterocycles. The Morgan fingerprint density at radius 1 is 0.350 bits per heavy atom. The summed E-state index contributed by atoms with van der Waals surface area (Å²) in [4.78, 5) is 109. The minimum Gasteiger partial charge on any atom is -0.504 e. The third-order valence-corrected chi connectivity index (χ3v) is 17.8. The number of halogens is 1. The number of phenolic OH excluding ortho intramolecular Hbond substituents is 2. The first-order valence-electron chi connectivity index (χ1n) is 43.7. The Hall–Kier alpha value is -17.6. The van der Waals surface area contributed by atoms with Crippen LogP contribution in [-0.4, -0.2) is 211 Å². The van der Waals surface area contributed by atoms with Crippen LogP contribution in [0.15, 0.2) is 137 Å². The second-order valence-corrected chi connectivity index (χ2v) is 30.7. The molecule has 12 heterocycles. The van der Waals surface area contributed by atoms with E-state index in [4.69, 9.17) is 81.5 Å². The molecule has 52 heteroatoms. The summed E-state index contributed by atoms with van der Waals surface area (Å²) < 4.78 is 20.8. The topological polar surface area (TPSA) is 767 Å². The van der Waals surface area contributed by atoms with Gasteiger partial charge in [0, 0.05) is 76.5 Å². The van der Waals surface area contributed by atoms with Crippen LogP contribution >= 0.6 is 11.6 Å². The number of fused-ring (bicyclic) bond motifs is 1. The van der Waals surface area contributed by atoms with E-state index >= 15 is 0 Å². The SMILES string of the molecule is CCCCNc1nc(C)nc(N)n1.Cc1nc(N)nc(N(C)C)n1.Cc1nc(N)nc(N)n1.Cc1nc(N)nc(NCCc2ccc(O)c(O)c2)n1.Cc1nc(N)nc(NCCc2ccc3c(c2)OCO3)n1.Cc1nc(N)nc(NCCc2ccccc2)n1.Cc1nc(N)nc(NCCc2ccco2)n1.Cc1nc(N)nc(NCCc2ccoc2)n1.Cc1nc(Nc2ccc(Cl)cc2)nc(NC(C)C)n1. The molecule has 15 aromatic rings. The van der Waals surface area contributed by atoms with E-state index in [1.807, 2.05) is 114 Å². The Bertz CT molecular complexity index is 5990. The van der Waals surface area contributed by atoms with E-state index in [0.29, 0.717) is 144 Å². The Balaban J connectivity index is 0.000000194. The van der Waals surface area contributed by atoms with E-state index in [2.05, 4.69) is 196 Å². The molecule has 740 valence electrons. The van der Waals surface area contributed by atoms with Gasteiger partial charge in [-0.05, 0) is 197 Å². The van der Waals surface area contributed by atoms with Gasteiger partial charge in [0.15, 0.2) is 23.0 Å². The first-order valence-corrected chi connectivity index (χ1v) is 44.1. The average Bonchev–Trinajstić information content (AvgIpc) is 1.76. The zero-order chi connectivity index (χ0) is 101. The molecule has 0 spiro atoms. The van der Waals surface area contributed by atoms with Gasteiger partial charge in [-0.25, -0.2) is 0 Å². The molecule has 0 fully saturated rings. The number of anilines is 19. The molecule has 0 saturated heterocycles. The normalized spacial score (nSPS) is 10.5. The summed E-state index contributed by atoms with van der Waals surface area (Å²) in [5, 5.41) is 44.1. The molecule has 0 amide bonds. The number of aromatic hydroxyl groups is 2. The number of rotatable bonds is 29. The predicted molar refractivity (Wildman–Crippen MR) is 539 cm³/mol. The number of nitrogens with two attached hydrogens (primary N) is 9. The van der Waals surface area contributed by atoms with Crippen molar-refractivity contribution in [2.75, 3.05) is 159 Å². The highest BCUT2D eigenvalue weighted by Crippen LogP contribution is 2.33. The molecule has 0 radical (unpaired) electrons. The van der Waals surface area contributed by atoms with Gasteiger partial charge < -0.3 is 128 Å². The summed E-state index contributed by atoms with van der Waals surface area (Å²) in [6.07, 6.45) is 11.3. The van der Waals surface area contributed by atoms with Crippen molar-refractivity contribution in [2.45, 2.75) is 134 Å². The van der Waals surface area contributed by atoms with Crippen molar-refractivity contribution in [3.05, 3.63) is 213 Å². The number of furan rings is 2. The number of nitrogens with one attached hydrogen (secondary N) is 8. The van der Waals surface area contributed by atoms with Crippen molar-refractivity contribution in [2.24, 2.45) is 0 Å². The summed E-state index contributed by atoms with van der Waals surface area (Å²) in [5.74, 6) is 14.4. The molecule has 0 aliphatic carbocycles. The van der Waals surface area contributed by atoms with Crippen LogP contribution in [0.3, 0.4) is 0 Å². The summed E-state index contributed by atoms with van der Waals surface area (Å²) in [7, 11) is 3.71. The van der Waals surface area contributed by atoms with Crippen molar-refractivity contribution in [1.29, 1.82) is 0 Å². The maximum atomic E-state index is 9.37. The molecule has 0 saturated carbocycles. The number of benzene rings is 4. The van der Waals surface area contributed by atoms with Crippen molar-refractivity contribution >= 4 is 124 Å². The zero-order valence-corrected chi connectivity index (χ0v) is 81.0. The molecule has 0 atom stereocenters. The fourth-order valence-electron chi connectivity index (χ4n) is 11.5. The second-order valence-electron chi connectivity index (χ2n) is 30.3. The number of aryl methyl sites for hydroxylation is 9. The lowest BCUT2D eigenvalue weighted by atomic mass is 10.1. The lowest BCUT2D eigenvalue weighted by molar-refractivity contribution is 0.174. The minimum atomic E-state index is -0.127. The van der Waals surface area contributed by atoms with Gasteiger partial charge in [-0.3, -0.25) is 0 Å². The number of nitrogens with zero attached hydrogens (tertiary/aromatic N) is 28. The highest BCUT2D eigenvalue weighted by atomic mass is 35.5. The van der Waals surface area contributed by atoms with Gasteiger partial charge in [-0.1, -0.05) is 67.4 Å². The number of nitrogen functional groups attached to an aromatic ring is 9. The number of unbranched alkanes of at least 4 members (excludes halogenated alkanes) is 1. The summed E-state index contributed by atoms with van der Waals surface area (Å²) >= 11 is 5.84. The third kappa shape index (κ3) is 42.3. The van der Waals surface area contributed by atoms with Crippen LogP contribution in [0.1, 0.15) is 114 Å². The maximum absolute atomic E-state index is 9.37. The van der Waals surface area contributed by atoms with Crippen molar-refractivity contribution in [1.82, 2.24) is 135 Å². The molecular weight excluding hydrogens is 1820 g/mol. The third-order valence-electron chi connectivity index (χ3n) is 17.5. The van der Waals surface area contributed by atoms with Gasteiger partial charge in [0.05, 0.1) is 18.8 Å². The van der Waals surface area contributed by atoms with E-state index in [9.17, 15) is 10.2 Å². The molecule has 11 aromatic heterocycles. The van der Waals surface area contributed by atoms with Crippen molar-refractivity contribution in [3.63, 3.8) is 0 Å². The highest BCUT2D eigenvalue weighted by molar-refractivity contribution is 6.30. The highest BCUT2D eigenvalue weighted by Gasteiger charge is 2.15. The van der Waals surface area contributed by atoms with Gasteiger partial charge in [0.2, 0.25) is 114 Å². The molecule has 140 heavy (non-hydrogen) atoms. The van der Waals surface area contributed by atoms with Crippen LogP contribution in [0.5, 0.6) is 23.0 Å². The number of ether oxygens (including phenoxy) is 2. The van der Waals surface area contributed by atoms with Crippen LogP contribution in [0.2, 0.25) is 5.02 Å². The quantitative estimate of drug-likeness (QED) is 0.0153. The number of hydrogen-bond acceptors (Lipinski definition) is 51. The molecule has 0 unspecified atom stereocenters. The molecule has 28 N–H and O–H groups in total. The Labute approximate surface area is 813 Å². The van der Waals surface area contributed by atoms with Crippen LogP contribution in [-0.2, 0) is 32.1 Å². The van der Waals surface area contributed by atoms with E-state index in [0.717, 1.165) is 97.8 Å². The molecule has 1 aliphatic rings. The second kappa shape index (κ2) is 56.6. The fraction of sp³-hybridized carbons (Fsp3) is 0.330. The van der Waals surface area contributed by atoms with Gasteiger partial charge in [-0.2, -0.15) is 135 Å². The number of aromatic nitrogens is 27. The Morgan fingerprint density at radius 2 is 0.736 bits per heavy atom. The monoisotopic (exact) mass is 1940 g/mol. The largest absolute Gasteiger partial charge is 0.504 e. The molecule has 0 bridgehead atoms. The molecule has 4 aromatic carbocycles. The van der Waals surface area contributed by atoms with Crippen molar-refractivity contribution in [3.8, 4) is 23.0 Å². The molecule has 16 rings (SSSR count). The van der Waals surface area contributed by atoms with E-state index in [1.54, 1.807) is 85.1 Å². The number of hydrogen-bond donors (Lipinski definition) is 19. The molecule has 51 nitrogen and oxygen atoms in total. The first kappa shape index (κ1) is 108. The van der Waals surface area contributed by atoms with Gasteiger partial charge in [-0.15, -0.1) is 0 Å². The van der Waals surface area contributed by atoms with Crippen LogP contribution < -0.4 is 109 Å². The fourth-order valence-corrected chi connectivity index (χ4v) is 11.7. The summed E-state index contributed by atoms with van der Waals surface area (Å²) in [5.41, 5.74) is 54.3. The maximum Gasteiger partial charge on any atom is 0.232 e. The average molecular weight is 1940 g/mol. The summed E-state index contributed by atoms with van der Waals surface area (Å²) in [6, 6.07) is 34.2. The van der Waals surface area contributed by atoms with Crippen LogP contribution in [0.4, 0.5) is 113 Å². The van der Waals surface area contributed by atoms with Gasteiger partial charge in [0.25, 0.3) is 0 Å². The van der Waals surface area contributed by atoms with Gasteiger partial charge >= 0.3 is 0 Å². The number of phenols is 2. The lowest BCUT2D eigenvalue weighted by Gasteiger charge is -2.10. The first-order chi connectivity index (χ1) is 67.0. The van der Waals surface area contributed by atoms with Crippen LogP contribution in [0.25, 0.3) is 0 Å². The molecular formula is C88H120ClN45O6. The predicted octanol–water partition coefficient (Wildman–Crippen LogP) is 8.95. The standard InChI is InChI=1S/C13H16ClN5.C13H15N5O2.C12H15N5O2.C12H15N5.2C10H13N5O.C8H15N5.C6H11N5.C4H7N5/c1-8(2)15-12-16-9(3)17-13(19-12)18-11-6-4-10(14)5-7-11;1-8-16-12(14)18-13(17-8)15-5-4-9-2-3-10-11(6-9)20-7-19-10;1-7-15-11(13)17-12(16-7)14-5-4-8-2-3-9(18)10(19)6-8;1-9-15-11(13)17-12(16-9)14-8-7-10-5-3-2-4-6-10;1-7-13-9(11)15-10(14-7)12-4-2-8-3-5-16-6-8;1-7-13-9(11)15-10(14-7)12-5-4-8-3-2-6-16-8;1-3-4-5-10-8-12-6(2)11-7(9)13-8;1-4-8-5(7)10-6(9-4)11(2)3;1-2-7-3(5)9-4(6)8-2/h4-8H,1-3H3,(H2,15,16,17,18,19);2-3,6H,4-5,7H2,1H3,(H3,14,15,16,17,18);2-3,6,18-19H,4-5H2,1H3,(H3,13,14,15,16,17);2-6H,7-8H2,1H3,(H3,13,14,15,16,17);3,5-6H,2,4H2,1H3,(H3,11,12,13,14,15);2-3,6H,4-5H2,1H3,(H3,11,12,13,14,15);3-5H2,1-2H3,(H3,9,10,11,12,13);1-3H3,(H2,7,8,9,10);1H3,(H4,5,6,7,8,9). The minimum absolute atomic E-state index is 0.127.